The van der Waals surface area contributed by atoms with E-state index >= 15 is 0 Å². The summed E-state index contributed by atoms with van der Waals surface area (Å²) in [5.74, 6) is -0.384. The van der Waals surface area contributed by atoms with Gasteiger partial charge in [-0.1, -0.05) is 44.2 Å². The number of nitrogens with two attached hydrogens (primary N) is 1. The third-order valence-electron chi connectivity index (χ3n) is 4.67. The summed E-state index contributed by atoms with van der Waals surface area (Å²) < 4.78 is 29.7. The second-order valence-electron chi connectivity index (χ2n) is 7.52. The van der Waals surface area contributed by atoms with Gasteiger partial charge in [-0.05, 0) is 23.6 Å². The van der Waals surface area contributed by atoms with Gasteiger partial charge in [-0.2, -0.15) is 4.98 Å². The number of halogens is 2. The standard InChI is InChI=1S/C22H22F2N6/c1-13(2)11-26-22-27-19(16-9-8-15(23)10-17(16)24)18-20(25)30(29-21(18)28-22)12-14-6-4-3-5-7-14/h3-10,13H,11-12,25H2,1-2H3,(H,26,28,29). The van der Waals surface area contributed by atoms with Gasteiger partial charge in [0.1, 0.15) is 17.5 Å². The van der Waals surface area contributed by atoms with E-state index in [1.807, 2.05) is 30.3 Å². The molecule has 8 heteroatoms. The second kappa shape index (κ2) is 8.06. The Morgan fingerprint density at radius 1 is 1.07 bits per heavy atom. The van der Waals surface area contributed by atoms with E-state index < -0.39 is 11.6 Å². The molecule has 2 aromatic heterocycles. The van der Waals surface area contributed by atoms with Crippen LogP contribution in [0.15, 0.2) is 48.5 Å². The van der Waals surface area contributed by atoms with Crippen molar-refractivity contribution >= 4 is 22.8 Å². The molecular formula is C22H22F2N6. The molecule has 0 aliphatic heterocycles. The van der Waals surface area contributed by atoms with E-state index in [4.69, 9.17) is 5.73 Å². The molecule has 2 aromatic carbocycles. The highest BCUT2D eigenvalue weighted by molar-refractivity contribution is 5.99. The fourth-order valence-electron chi connectivity index (χ4n) is 3.18. The first-order valence-corrected chi connectivity index (χ1v) is 9.69. The molecule has 0 aliphatic carbocycles. The number of nitrogen functional groups attached to an aromatic ring is 1. The highest BCUT2D eigenvalue weighted by Crippen LogP contribution is 2.33. The average molecular weight is 408 g/mol. The molecule has 0 aliphatic rings. The maximum Gasteiger partial charge on any atom is 0.225 e. The zero-order valence-electron chi connectivity index (χ0n) is 16.7. The number of nitrogens with zero attached hydrogens (tertiary/aromatic N) is 4. The lowest BCUT2D eigenvalue weighted by atomic mass is 10.1. The highest BCUT2D eigenvalue weighted by Gasteiger charge is 2.21. The van der Waals surface area contributed by atoms with Crippen molar-refractivity contribution in [3.05, 3.63) is 65.7 Å². The Morgan fingerprint density at radius 3 is 2.53 bits per heavy atom. The van der Waals surface area contributed by atoms with Crippen LogP contribution >= 0.6 is 0 Å². The normalized spacial score (nSPS) is 11.4. The number of anilines is 2. The largest absolute Gasteiger partial charge is 0.383 e. The predicted octanol–water partition coefficient (Wildman–Crippen LogP) is 4.47. The zero-order valence-corrected chi connectivity index (χ0v) is 16.7. The van der Waals surface area contributed by atoms with Crippen LogP contribution in [0.1, 0.15) is 19.4 Å². The fraction of sp³-hybridized carbons (Fsp3) is 0.227. The Bertz CT molecular complexity index is 1190. The molecule has 0 radical (unpaired) electrons. The van der Waals surface area contributed by atoms with E-state index in [0.29, 0.717) is 41.8 Å². The number of benzene rings is 2. The van der Waals surface area contributed by atoms with Gasteiger partial charge in [-0.15, -0.1) is 5.10 Å². The minimum Gasteiger partial charge on any atom is -0.383 e. The quantitative estimate of drug-likeness (QED) is 0.492. The summed E-state index contributed by atoms with van der Waals surface area (Å²) in [6, 6.07) is 13.1. The number of aromatic nitrogens is 4. The SMILES string of the molecule is CC(C)CNc1nc(-c2ccc(F)cc2F)c2c(N)n(Cc3ccccc3)nc2n1. The minimum absolute atomic E-state index is 0.141. The van der Waals surface area contributed by atoms with Crippen molar-refractivity contribution in [3.63, 3.8) is 0 Å². The molecule has 4 rings (SSSR count). The molecule has 0 saturated carbocycles. The predicted molar refractivity (Wildman–Crippen MR) is 114 cm³/mol. The maximum atomic E-state index is 14.6. The van der Waals surface area contributed by atoms with Crippen LogP contribution in [0.5, 0.6) is 0 Å². The Morgan fingerprint density at radius 2 is 1.83 bits per heavy atom. The van der Waals surface area contributed by atoms with Gasteiger partial charge >= 0.3 is 0 Å². The van der Waals surface area contributed by atoms with E-state index in [1.165, 1.54) is 12.1 Å². The first-order valence-electron chi connectivity index (χ1n) is 9.69. The van der Waals surface area contributed by atoms with E-state index in [-0.39, 0.29) is 11.3 Å². The van der Waals surface area contributed by atoms with Crippen LogP contribution in [-0.4, -0.2) is 26.3 Å². The number of hydrogen-bond donors (Lipinski definition) is 2. The third-order valence-corrected chi connectivity index (χ3v) is 4.67. The van der Waals surface area contributed by atoms with Crippen molar-refractivity contribution < 1.29 is 8.78 Å². The zero-order chi connectivity index (χ0) is 21.3. The van der Waals surface area contributed by atoms with Gasteiger partial charge in [-0.3, -0.25) is 0 Å². The average Bonchev–Trinajstić information content (AvgIpc) is 3.02. The first kappa shape index (κ1) is 19.8. The summed E-state index contributed by atoms with van der Waals surface area (Å²) in [5.41, 5.74) is 8.16. The maximum absolute atomic E-state index is 14.6. The van der Waals surface area contributed by atoms with Crippen molar-refractivity contribution in [1.82, 2.24) is 19.7 Å². The molecule has 0 unspecified atom stereocenters. The Balaban J connectivity index is 1.88. The molecule has 6 nitrogen and oxygen atoms in total. The lowest BCUT2D eigenvalue weighted by Gasteiger charge is -2.10. The van der Waals surface area contributed by atoms with Crippen molar-refractivity contribution in [2.45, 2.75) is 20.4 Å². The van der Waals surface area contributed by atoms with Crippen LogP contribution in [0, 0.1) is 17.6 Å². The van der Waals surface area contributed by atoms with Gasteiger partial charge in [0.2, 0.25) is 5.95 Å². The van der Waals surface area contributed by atoms with E-state index in [0.717, 1.165) is 11.6 Å². The molecule has 0 saturated heterocycles. The molecule has 0 fully saturated rings. The molecular weight excluding hydrogens is 386 g/mol. The number of nitrogens with one attached hydrogen (secondary N) is 1. The molecule has 0 atom stereocenters. The molecule has 3 N–H and O–H groups in total. The van der Waals surface area contributed by atoms with Crippen molar-refractivity contribution in [2.75, 3.05) is 17.6 Å². The van der Waals surface area contributed by atoms with Gasteiger partial charge in [0.25, 0.3) is 0 Å². The fourth-order valence-corrected chi connectivity index (χ4v) is 3.18. The summed E-state index contributed by atoms with van der Waals surface area (Å²) in [6.07, 6.45) is 0. The van der Waals surface area contributed by atoms with Crippen LogP contribution < -0.4 is 11.1 Å². The molecule has 0 amide bonds. The summed E-state index contributed by atoms with van der Waals surface area (Å²) in [7, 11) is 0. The van der Waals surface area contributed by atoms with Crippen LogP contribution in [0.2, 0.25) is 0 Å². The van der Waals surface area contributed by atoms with Crippen LogP contribution in [0.3, 0.4) is 0 Å². The Kier molecular flexibility index (Phi) is 5.31. The summed E-state index contributed by atoms with van der Waals surface area (Å²) >= 11 is 0. The van der Waals surface area contributed by atoms with Crippen LogP contribution in [0.25, 0.3) is 22.3 Å². The van der Waals surface area contributed by atoms with Gasteiger partial charge < -0.3 is 11.1 Å². The van der Waals surface area contributed by atoms with Gasteiger partial charge in [-0.25, -0.2) is 18.4 Å². The third kappa shape index (κ3) is 3.94. The lowest BCUT2D eigenvalue weighted by Crippen LogP contribution is -2.11. The molecule has 154 valence electrons. The highest BCUT2D eigenvalue weighted by atomic mass is 19.1. The number of hydrogen-bond acceptors (Lipinski definition) is 5. The first-order chi connectivity index (χ1) is 14.4. The summed E-state index contributed by atoms with van der Waals surface area (Å²) in [6.45, 7) is 5.18. The number of fused-ring (bicyclic) bond motifs is 1. The molecule has 0 spiro atoms. The Labute approximate surface area is 172 Å². The topological polar surface area (TPSA) is 81.6 Å². The Hall–Kier alpha value is -3.55. The molecule has 30 heavy (non-hydrogen) atoms. The van der Waals surface area contributed by atoms with Gasteiger partial charge in [0.15, 0.2) is 5.65 Å². The molecule has 2 heterocycles. The lowest BCUT2D eigenvalue weighted by molar-refractivity contribution is 0.585. The second-order valence-corrected chi connectivity index (χ2v) is 7.52. The smallest absolute Gasteiger partial charge is 0.225 e. The minimum atomic E-state index is -0.722. The molecule has 4 aromatic rings. The van der Waals surface area contributed by atoms with Crippen LogP contribution in [0.4, 0.5) is 20.5 Å². The molecule has 0 bridgehead atoms. The van der Waals surface area contributed by atoms with Crippen molar-refractivity contribution in [2.24, 2.45) is 5.92 Å². The van der Waals surface area contributed by atoms with E-state index in [9.17, 15) is 8.78 Å². The van der Waals surface area contributed by atoms with Crippen molar-refractivity contribution in [1.29, 1.82) is 0 Å². The van der Waals surface area contributed by atoms with Gasteiger partial charge in [0, 0.05) is 18.2 Å². The number of rotatable bonds is 6. The monoisotopic (exact) mass is 408 g/mol. The van der Waals surface area contributed by atoms with Crippen LogP contribution in [-0.2, 0) is 6.54 Å². The van der Waals surface area contributed by atoms with E-state index in [2.05, 4.69) is 34.2 Å². The van der Waals surface area contributed by atoms with E-state index in [1.54, 1.807) is 4.68 Å². The van der Waals surface area contributed by atoms with Gasteiger partial charge in [0.05, 0.1) is 17.6 Å². The van der Waals surface area contributed by atoms with Crippen molar-refractivity contribution in [3.8, 4) is 11.3 Å². The summed E-state index contributed by atoms with van der Waals surface area (Å²) in [5, 5.41) is 8.12. The summed E-state index contributed by atoms with van der Waals surface area (Å²) in [4.78, 5) is 8.97.